The lowest BCUT2D eigenvalue weighted by Crippen LogP contribution is -2.16. The number of carboxylic acid groups (broad SMARTS) is 1. The quantitative estimate of drug-likeness (QED) is 0.636. The van der Waals surface area contributed by atoms with Gasteiger partial charge in [0.05, 0.1) is 19.3 Å². The minimum Gasteiger partial charge on any atom is -0.491 e. The summed E-state index contributed by atoms with van der Waals surface area (Å²) in [4.78, 5) is 11.0. The summed E-state index contributed by atoms with van der Waals surface area (Å²) in [6, 6.07) is 3.34. The van der Waals surface area contributed by atoms with Crippen LogP contribution < -0.4 is 4.74 Å². The van der Waals surface area contributed by atoms with Gasteiger partial charge in [0.25, 0.3) is 0 Å². The molecule has 1 fully saturated rings. The van der Waals surface area contributed by atoms with Gasteiger partial charge in [-0.3, -0.25) is 0 Å². The predicted octanol–water partition coefficient (Wildman–Crippen LogP) is 4.55. The average molecular weight is 486 g/mol. The van der Waals surface area contributed by atoms with Gasteiger partial charge in [0.1, 0.15) is 5.75 Å². The third-order valence-corrected chi connectivity index (χ3v) is 5.04. The Bertz CT molecular complexity index is 445. The first-order chi connectivity index (χ1) is 9.08. The van der Waals surface area contributed by atoms with E-state index in [0.29, 0.717) is 11.5 Å². The molecule has 1 N–H and O–H groups in total. The lowest BCUT2D eigenvalue weighted by atomic mass is 9.90. The van der Waals surface area contributed by atoms with Gasteiger partial charge < -0.3 is 9.84 Å². The lowest BCUT2D eigenvalue weighted by Gasteiger charge is -2.22. The lowest BCUT2D eigenvalue weighted by molar-refractivity contribution is 0.0696. The van der Waals surface area contributed by atoms with Crippen LogP contribution in [-0.2, 0) is 0 Å². The zero-order chi connectivity index (χ0) is 13.8. The monoisotopic (exact) mass is 486 g/mol. The Morgan fingerprint density at radius 1 is 1.21 bits per heavy atom. The van der Waals surface area contributed by atoms with Crippen molar-refractivity contribution in [2.45, 2.75) is 32.1 Å². The second kappa shape index (κ2) is 7.10. The van der Waals surface area contributed by atoms with Gasteiger partial charge in [0.2, 0.25) is 0 Å². The second-order valence-electron chi connectivity index (χ2n) is 4.89. The van der Waals surface area contributed by atoms with Gasteiger partial charge in [-0.05, 0) is 76.1 Å². The van der Waals surface area contributed by atoms with E-state index in [-0.39, 0.29) is 0 Å². The smallest absolute Gasteiger partial charge is 0.335 e. The topological polar surface area (TPSA) is 46.5 Å². The van der Waals surface area contributed by atoms with Crippen molar-refractivity contribution in [1.82, 2.24) is 0 Å². The predicted molar refractivity (Wildman–Crippen MR) is 90.9 cm³/mol. The Labute approximate surface area is 140 Å². The highest BCUT2D eigenvalue weighted by atomic mass is 127. The van der Waals surface area contributed by atoms with E-state index in [1.165, 1.54) is 32.1 Å². The Morgan fingerprint density at radius 3 is 2.32 bits per heavy atom. The number of rotatable bonds is 4. The molecule has 0 unspecified atom stereocenters. The number of benzene rings is 1. The summed E-state index contributed by atoms with van der Waals surface area (Å²) in [5.41, 5.74) is 0.318. The van der Waals surface area contributed by atoms with Crippen molar-refractivity contribution in [3.8, 4) is 5.75 Å². The van der Waals surface area contributed by atoms with E-state index in [0.717, 1.165) is 19.5 Å². The summed E-state index contributed by atoms with van der Waals surface area (Å²) in [7, 11) is 0. The second-order valence-corrected chi connectivity index (χ2v) is 7.21. The number of halogens is 2. The van der Waals surface area contributed by atoms with Crippen molar-refractivity contribution in [3.05, 3.63) is 24.8 Å². The zero-order valence-corrected chi connectivity index (χ0v) is 14.8. The number of ether oxygens (including phenoxy) is 1. The highest BCUT2D eigenvalue weighted by molar-refractivity contribution is 14.1. The molecule has 104 valence electrons. The molecule has 1 aromatic carbocycles. The molecule has 0 amide bonds. The molecule has 19 heavy (non-hydrogen) atoms. The Kier molecular flexibility index (Phi) is 5.73. The summed E-state index contributed by atoms with van der Waals surface area (Å²) in [5.74, 6) is 0.589. The molecule has 0 atom stereocenters. The highest BCUT2D eigenvalue weighted by Crippen LogP contribution is 2.31. The van der Waals surface area contributed by atoms with Crippen LogP contribution in [0.1, 0.15) is 42.5 Å². The minimum absolute atomic E-state index is 0.318. The molecule has 1 aromatic rings. The van der Waals surface area contributed by atoms with E-state index in [2.05, 4.69) is 45.2 Å². The van der Waals surface area contributed by atoms with E-state index in [4.69, 9.17) is 9.84 Å². The van der Waals surface area contributed by atoms with E-state index in [9.17, 15) is 4.79 Å². The molecule has 5 heteroatoms. The van der Waals surface area contributed by atoms with Crippen LogP contribution in [0.15, 0.2) is 12.1 Å². The van der Waals surface area contributed by atoms with Crippen molar-refractivity contribution < 1.29 is 14.6 Å². The van der Waals surface area contributed by atoms with Gasteiger partial charge in [0.15, 0.2) is 0 Å². The van der Waals surface area contributed by atoms with E-state index >= 15 is 0 Å². The molecule has 0 saturated heterocycles. The molecule has 1 saturated carbocycles. The molecule has 0 spiro atoms. The van der Waals surface area contributed by atoms with Crippen LogP contribution in [-0.4, -0.2) is 17.7 Å². The third-order valence-electron chi connectivity index (χ3n) is 3.43. The Balaban J connectivity index is 2.05. The summed E-state index contributed by atoms with van der Waals surface area (Å²) in [6.07, 6.45) is 6.46. The van der Waals surface area contributed by atoms with Gasteiger partial charge in [-0.15, -0.1) is 0 Å². The molecule has 3 nitrogen and oxygen atoms in total. The molecule has 0 bridgehead atoms. The molecule has 0 radical (unpaired) electrons. The van der Waals surface area contributed by atoms with Gasteiger partial charge in [-0.2, -0.15) is 0 Å². The highest BCUT2D eigenvalue weighted by Gasteiger charge is 2.17. The van der Waals surface area contributed by atoms with E-state index in [1.807, 2.05) is 0 Å². The summed E-state index contributed by atoms with van der Waals surface area (Å²) in [6.45, 7) is 0.748. The number of carboxylic acids is 1. The van der Waals surface area contributed by atoms with E-state index < -0.39 is 5.97 Å². The van der Waals surface area contributed by atoms with Crippen LogP contribution in [0.25, 0.3) is 0 Å². The van der Waals surface area contributed by atoms with Crippen molar-refractivity contribution in [2.75, 3.05) is 6.61 Å². The Morgan fingerprint density at radius 2 is 1.79 bits per heavy atom. The Hall–Kier alpha value is -0.0500. The summed E-state index contributed by atoms with van der Waals surface area (Å²) < 4.78 is 7.68. The van der Waals surface area contributed by atoms with Crippen LogP contribution in [0.5, 0.6) is 5.75 Å². The van der Waals surface area contributed by atoms with Gasteiger partial charge >= 0.3 is 5.97 Å². The summed E-state index contributed by atoms with van der Waals surface area (Å²) in [5, 5.41) is 9.01. The first kappa shape index (κ1) is 15.3. The molecular formula is C14H16I2O3. The van der Waals surface area contributed by atoms with Crippen LogP contribution in [0.2, 0.25) is 0 Å². The van der Waals surface area contributed by atoms with Crippen molar-refractivity contribution in [1.29, 1.82) is 0 Å². The van der Waals surface area contributed by atoms with Crippen molar-refractivity contribution >= 4 is 51.2 Å². The molecule has 2 rings (SSSR count). The normalized spacial score (nSPS) is 16.3. The third kappa shape index (κ3) is 4.21. The maximum Gasteiger partial charge on any atom is 0.335 e. The standard InChI is InChI=1S/C14H16I2O3/c15-11-6-10(14(17)18)7-12(16)13(11)19-8-9-4-2-1-3-5-9/h6-7,9H,1-5,8H2,(H,17,18). The molecule has 1 aliphatic carbocycles. The van der Waals surface area contributed by atoms with Crippen LogP contribution in [0.4, 0.5) is 0 Å². The maximum atomic E-state index is 11.0. The van der Waals surface area contributed by atoms with E-state index in [1.54, 1.807) is 12.1 Å². The largest absolute Gasteiger partial charge is 0.491 e. The zero-order valence-electron chi connectivity index (χ0n) is 10.5. The van der Waals surface area contributed by atoms with Crippen LogP contribution in [0, 0.1) is 13.1 Å². The van der Waals surface area contributed by atoms with Gasteiger partial charge in [-0.1, -0.05) is 19.3 Å². The number of hydrogen-bond donors (Lipinski definition) is 1. The summed E-state index contributed by atoms with van der Waals surface area (Å²) >= 11 is 4.29. The molecule has 0 heterocycles. The maximum absolute atomic E-state index is 11.0. The molecule has 0 aromatic heterocycles. The number of hydrogen-bond acceptors (Lipinski definition) is 2. The minimum atomic E-state index is -0.894. The first-order valence-corrected chi connectivity index (χ1v) is 8.59. The van der Waals surface area contributed by atoms with Crippen molar-refractivity contribution in [3.63, 3.8) is 0 Å². The molecular weight excluding hydrogens is 470 g/mol. The molecule has 1 aliphatic rings. The van der Waals surface area contributed by atoms with Crippen LogP contribution >= 0.6 is 45.2 Å². The average Bonchev–Trinajstić information content (AvgIpc) is 2.38. The fourth-order valence-electron chi connectivity index (χ4n) is 2.38. The number of aromatic carboxylic acids is 1. The van der Waals surface area contributed by atoms with Crippen molar-refractivity contribution in [2.24, 2.45) is 5.92 Å². The SMILES string of the molecule is O=C(O)c1cc(I)c(OCC2CCCCC2)c(I)c1. The fourth-order valence-corrected chi connectivity index (χ4v) is 4.46. The first-order valence-electron chi connectivity index (χ1n) is 6.43. The van der Waals surface area contributed by atoms with Crippen LogP contribution in [0.3, 0.4) is 0 Å². The van der Waals surface area contributed by atoms with Gasteiger partial charge in [-0.25, -0.2) is 4.79 Å². The fraction of sp³-hybridized carbons (Fsp3) is 0.500. The molecule has 0 aliphatic heterocycles. The van der Waals surface area contributed by atoms with Gasteiger partial charge in [0, 0.05) is 0 Å². The number of carbonyl (C=O) groups is 1.